The van der Waals surface area contributed by atoms with Crippen LogP contribution in [-0.2, 0) is 17.8 Å². The molecule has 0 aliphatic rings. The van der Waals surface area contributed by atoms with Gasteiger partial charge in [-0.1, -0.05) is 22.9 Å². The minimum absolute atomic E-state index is 0.200. The molecular formula is C13H13BrO4. The highest BCUT2D eigenvalue weighted by molar-refractivity contribution is 9.10. The minimum atomic E-state index is -0.400. The molecule has 0 saturated carbocycles. The Morgan fingerprint density at radius 1 is 1.50 bits per heavy atom. The molecule has 0 bridgehead atoms. The summed E-state index contributed by atoms with van der Waals surface area (Å²) in [6.07, 6.45) is 0.695. The molecule has 1 N–H and O–H groups in total. The molecule has 0 spiro atoms. The summed E-state index contributed by atoms with van der Waals surface area (Å²) in [6, 6.07) is 3.48. The van der Waals surface area contributed by atoms with E-state index in [1.807, 2.05) is 6.92 Å². The van der Waals surface area contributed by atoms with Gasteiger partial charge >= 0.3 is 5.97 Å². The highest BCUT2D eigenvalue weighted by atomic mass is 79.9. The fourth-order valence-corrected chi connectivity index (χ4v) is 2.69. The van der Waals surface area contributed by atoms with Gasteiger partial charge in [0.1, 0.15) is 18.0 Å². The highest BCUT2D eigenvalue weighted by Crippen LogP contribution is 2.32. The first kappa shape index (κ1) is 13.1. The number of benzene rings is 1. The number of hydrogen-bond donors (Lipinski definition) is 1. The number of rotatable bonds is 3. The maximum Gasteiger partial charge on any atom is 0.338 e. The van der Waals surface area contributed by atoms with Crippen LogP contribution in [0.1, 0.15) is 28.6 Å². The van der Waals surface area contributed by atoms with E-state index in [0.717, 1.165) is 10.0 Å². The number of aliphatic hydroxyl groups excluding tert-OH is 1. The normalized spacial score (nSPS) is 10.9. The maximum atomic E-state index is 11.9. The van der Waals surface area contributed by atoms with Crippen LogP contribution in [-0.4, -0.2) is 18.2 Å². The number of methoxy groups -OCH3 is 1. The second-order valence-electron chi connectivity index (χ2n) is 3.84. The van der Waals surface area contributed by atoms with Crippen LogP contribution in [0.3, 0.4) is 0 Å². The number of furan rings is 1. The van der Waals surface area contributed by atoms with Crippen LogP contribution in [0.4, 0.5) is 0 Å². The highest BCUT2D eigenvalue weighted by Gasteiger charge is 2.20. The predicted octanol–water partition coefficient (Wildman–Crippen LogP) is 3.04. The van der Waals surface area contributed by atoms with Crippen molar-refractivity contribution in [3.8, 4) is 0 Å². The number of esters is 1. The third kappa shape index (κ3) is 2.04. The van der Waals surface area contributed by atoms with Crippen molar-refractivity contribution >= 4 is 32.9 Å². The van der Waals surface area contributed by atoms with Crippen molar-refractivity contribution in [2.75, 3.05) is 7.11 Å². The van der Waals surface area contributed by atoms with Crippen molar-refractivity contribution in [1.29, 1.82) is 0 Å². The van der Waals surface area contributed by atoms with Gasteiger partial charge in [-0.05, 0) is 24.1 Å². The van der Waals surface area contributed by atoms with Gasteiger partial charge in [0.2, 0.25) is 0 Å². The molecule has 96 valence electrons. The van der Waals surface area contributed by atoms with Gasteiger partial charge in [0.25, 0.3) is 0 Å². The molecule has 2 aromatic rings. The Labute approximate surface area is 113 Å². The molecule has 1 heterocycles. The van der Waals surface area contributed by atoms with Crippen LogP contribution in [0.25, 0.3) is 11.0 Å². The summed E-state index contributed by atoms with van der Waals surface area (Å²) < 4.78 is 11.1. The van der Waals surface area contributed by atoms with Gasteiger partial charge in [0, 0.05) is 9.86 Å². The van der Waals surface area contributed by atoms with Crippen molar-refractivity contribution < 1.29 is 19.1 Å². The van der Waals surface area contributed by atoms with Gasteiger partial charge in [0.05, 0.1) is 12.7 Å². The standard InChI is InChI=1S/C13H13BrO4/c1-3-8-10(14)5-11-9(4-7(6-15)18-11)12(8)13(16)17-2/h4-5,15H,3,6H2,1-2H3. The molecule has 1 aromatic carbocycles. The number of halogens is 1. The summed E-state index contributed by atoms with van der Waals surface area (Å²) >= 11 is 3.43. The lowest BCUT2D eigenvalue weighted by molar-refractivity contribution is 0.0601. The van der Waals surface area contributed by atoms with E-state index in [1.165, 1.54) is 7.11 Å². The van der Waals surface area contributed by atoms with E-state index in [9.17, 15) is 4.79 Å². The largest absolute Gasteiger partial charge is 0.465 e. The first-order valence-electron chi connectivity index (χ1n) is 5.55. The van der Waals surface area contributed by atoms with Crippen molar-refractivity contribution in [2.45, 2.75) is 20.0 Å². The molecule has 0 fully saturated rings. The van der Waals surface area contributed by atoms with Gasteiger partial charge in [-0.15, -0.1) is 0 Å². The van der Waals surface area contributed by atoms with Crippen LogP contribution in [0.5, 0.6) is 0 Å². The van der Waals surface area contributed by atoms with Crippen molar-refractivity contribution in [2.24, 2.45) is 0 Å². The molecule has 2 rings (SSSR count). The summed E-state index contributed by atoms with van der Waals surface area (Å²) in [6.45, 7) is 1.76. The smallest absolute Gasteiger partial charge is 0.338 e. The van der Waals surface area contributed by atoms with Crippen LogP contribution in [0.2, 0.25) is 0 Å². The third-order valence-corrected chi connectivity index (χ3v) is 3.54. The SMILES string of the molecule is CCc1c(Br)cc2oc(CO)cc2c1C(=O)OC. The quantitative estimate of drug-likeness (QED) is 0.885. The monoisotopic (exact) mass is 312 g/mol. The molecule has 18 heavy (non-hydrogen) atoms. The number of carbonyl (C=O) groups is 1. The van der Waals surface area contributed by atoms with Gasteiger partial charge in [-0.3, -0.25) is 0 Å². The zero-order valence-electron chi connectivity index (χ0n) is 10.1. The maximum absolute atomic E-state index is 11.9. The van der Waals surface area contributed by atoms with E-state index in [1.54, 1.807) is 12.1 Å². The van der Waals surface area contributed by atoms with Gasteiger partial charge in [0.15, 0.2) is 0 Å². The molecule has 0 unspecified atom stereocenters. The molecule has 0 aliphatic carbocycles. The summed E-state index contributed by atoms with van der Waals surface area (Å²) in [5.74, 6) is 0.0266. The molecule has 0 amide bonds. The Hall–Kier alpha value is -1.33. The van der Waals surface area contributed by atoms with E-state index < -0.39 is 5.97 Å². The Morgan fingerprint density at radius 3 is 2.78 bits per heavy atom. The van der Waals surface area contributed by atoms with Gasteiger partial charge in [-0.25, -0.2) is 4.79 Å². The lowest BCUT2D eigenvalue weighted by atomic mass is 10.0. The van der Waals surface area contributed by atoms with Crippen LogP contribution >= 0.6 is 15.9 Å². The molecule has 4 nitrogen and oxygen atoms in total. The minimum Gasteiger partial charge on any atom is -0.465 e. The number of hydrogen-bond acceptors (Lipinski definition) is 4. The number of aliphatic hydroxyl groups is 1. The third-order valence-electron chi connectivity index (χ3n) is 2.83. The van der Waals surface area contributed by atoms with E-state index in [4.69, 9.17) is 14.3 Å². The average Bonchev–Trinajstić information content (AvgIpc) is 2.78. The van der Waals surface area contributed by atoms with Crippen LogP contribution < -0.4 is 0 Å². The summed E-state index contributed by atoms with van der Waals surface area (Å²) in [7, 11) is 1.35. The van der Waals surface area contributed by atoms with E-state index in [-0.39, 0.29) is 6.61 Å². The van der Waals surface area contributed by atoms with Crippen molar-refractivity contribution in [3.05, 3.63) is 33.5 Å². The van der Waals surface area contributed by atoms with Crippen molar-refractivity contribution in [1.82, 2.24) is 0 Å². The molecular weight excluding hydrogens is 300 g/mol. The molecule has 0 saturated heterocycles. The zero-order chi connectivity index (χ0) is 13.3. The van der Waals surface area contributed by atoms with E-state index >= 15 is 0 Å². The number of fused-ring (bicyclic) bond motifs is 1. The molecule has 0 aliphatic heterocycles. The number of ether oxygens (including phenoxy) is 1. The Bertz CT molecular complexity index is 601. The Morgan fingerprint density at radius 2 is 2.22 bits per heavy atom. The summed E-state index contributed by atoms with van der Waals surface area (Å²) in [5.41, 5.74) is 1.93. The first-order valence-corrected chi connectivity index (χ1v) is 6.34. The second-order valence-corrected chi connectivity index (χ2v) is 4.69. The van der Waals surface area contributed by atoms with Crippen molar-refractivity contribution in [3.63, 3.8) is 0 Å². The average molecular weight is 313 g/mol. The number of carbonyl (C=O) groups excluding carboxylic acids is 1. The molecule has 5 heteroatoms. The Balaban J connectivity index is 2.81. The fraction of sp³-hybridized carbons (Fsp3) is 0.308. The topological polar surface area (TPSA) is 59.7 Å². The van der Waals surface area contributed by atoms with Gasteiger partial charge < -0.3 is 14.3 Å². The van der Waals surface area contributed by atoms with Gasteiger partial charge in [-0.2, -0.15) is 0 Å². The second kappa shape index (κ2) is 5.12. The predicted molar refractivity (Wildman–Crippen MR) is 70.6 cm³/mol. The first-order chi connectivity index (χ1) is 8.62. The van der Waals surface area contributed by atoms with Crippen LogP contribution in [0, 0.1) is 0 Å². The lowest BCUT2D eigenvalue weighted by Crippen LogP contribution is -2.06. The lowest BCUT2D eigenvalue weighted by Gasteiger charge is -2.09. The molecule has 0 radical (unpaired) electrons. The zero-order valence-corrected chi connectivity index (χ0v) is 11.7. The molecule has 0 atom stereocenters. The summed E-state index contributed by atoms with van der Waals surface area (Å²) in [4.78, 5) is 11.9. The van der Waals surface area contributed by atoms with Crippen LogP contribution in [0.15, 0.2) is 21.0 Å². The van der Waals surface area contributed by atoms with E-state index in [2.05, 4.69) is 15.9 Å². The fourth-order valence-electron chi connectivity index (χ4n) is 2.00. The summed E-state index contributed by atoms with van der Waals surface area (Å²) in [5, 5.41) is 9.77. The van der Waals surface area contributed by atoms with E-state index in [0.29, 0.717) is 28.7 Å². The Kier molecular flexibility index (Phi) is 3.73. The molecule has 1 aromatic heterocycles.